The van der Waals surface area contributed by atoms with E-state index in [0.29, 0.717) is 10.9 Å². The van der Waals surface area contributed by atoms with E-state index in [4.69, 9.17) is 13.9 Å². The molecule has 0 fully saturated rings. The first-order valence-corrected chi connectivity index (χ1v) is 11.9. The van der Waals surface area contributed by atoms with Crippen LogP contribution in [0.3, 0.4) is 0 Å². The average Bonchev–Trinajstić information content (AvgIpc) is 3.47. The topological polar surface area (TPSA) is 73.6 Å². The van der Waals surface area contributed by atoms with Gasteiger partial charge in [0.05, 0.1) is 30.7 Å². The summed E-state index contributed by atoms with van der Waals surface area (Å²) < 4.78 is 18.3. The molecule has 0 aliphatic carbocycles. The molecular weight excluding hydrogens is 460 g/mol. The molecule has 0 saturated carbocycles. The molecule has 7 heteroatoms. The van der Waals surface area contributed by atoms with Crippen LogP contribution in [0.2, 0.25) is 0 Å². The fourth-order valence-corrected chi connectivity index (χ4v) is 5.16. The summed E-state index contributed by atoms with van der Waals surface area (Å²) >= 11 is 1.44. The van der Waals surface area contributed by atoms with Gasteiger partial charge in [-0.3, -0.25) is 10.1 Å². The van der Waals surface area contributed by atoms with Crippen molar-refractivity contribution in [2.75, 3.05) is 19.5 Å². The molecule has 0 atom stereocenters. The Morgan fingerprint density at radius 3 is 2.60 bits per heavy atom. The van der Waals surface area contributed by atoms with Gasteiger partial charge in [-0.2, -0.15) is 0 Å². The fraction of sp³-hybridized carbons (Fsp3) is 0.143. The number of nitrogens with one attached hydrogen (secondary N) is 1. The lowest BCUT2D eigenvalue weighted by Gasteiger charge is -2.13. The summed E-state index contributed by atoms with van der Waals surface area (Å²) in [5.41, 5.74) is 5.88. The number of methoxy groups -OCH3 is 2. The first-order valence-electron chi connectivity index (χ1n) is 11.1. The van der Waals surface area contributed by atoms with Crippen molar-refractivity contribution in [2.24, 2.45) is 0 Å². The molecule has 2 heterocycles. The maximum Gasteiger partial charge on any atom is 0.250 e. The van der Waals surface area contributed by atoms with Crippen molar-refractivity contribution in [3.05, 3.63) is 78.1 Å². The molecule has 0 bridgehead atoms. The quantitative estimate of drug-likeness (QED) is 0.261. The monoisotopic (exact) mass is 484 g/mol. The molecule has 0 aliphatic heterocycles. The summed E-state index contributed by atoms with van der Waals surface area (Å²) in [6, 6.07) is 17.6. The van der Waals surface area contributed by atoms with Crippen molar-refractivity contribution < 1.29 is 18.7 Å². The van der Waals surface area contributed by atoms with E-state index in [-0.39, 0.29) is 5.91 Å². The van der Waals surface area contributed by atoms with Gasteiger partial charge in [-0.05, 0) is 43.7 Å². The maximum atomic E-state index is 12.8. The van der Waals surface area contributed by atoms with E-state index in [1.54, 1.807) is 26.6 Å². The van der Waals surface area contributed by atoms with Crippen LogP contribution in [0.4, 0.5) is 5.13 Å². The Balaban J connectivity index is 1.55. The maximum absolute atomic E-state index is 12.8. The third-order valence-electron chi connectivity index (χ3n) is 5.94. The van der Waals surface area contributed by atoms with Crippen LogP contribution >= 0.6 is 11.3 Å². The molecule has 1 N–H and O–H groups in total. The third kappa shape index (κ3) is 4.15. The van der Waals surface area contributed by atoms with Crippen LogP contribution in [0.1, 0.15) is 18.1 Å². The molecule has 0 unspecified atom stereocenters. The SMILES string of the molecule is COc1ccccc1-c1coc2c(C)c(OC)c(/C(C)=C/C(=O)Nc3nc4ccccc4s3)cc12. The van der Waals surface area contributed by atoms with Crippen LogP contribution in [0.25, 0.3) is 37.9 Å². The lowest BCUT2D eigenvalue weighted by Crippen LogP contribution is -2.08. The van der Waals surface area contributed by atoms with E-state index >= 15 is 0 Å². The van der Waals surface area contributed by atoms with Gasteiger partial charge >= 0.3 is 0 Å². The Morgan fingerprint density at radius 1 is 1.06 bits per heavy atom. The van der Waals surface area contributed by atoms with E-state index in [2.05, 4.69) is 10.3 Å². The highest BCUT2D eigenvalue weighted by Gasteiger charge is 2.20. The smallest absolute Gasteiger partial charge is 0.250 e. The summed E-state index contributed by atoms with van der Waals surface area (Å²) in [6.45, 7) is 3.85. The zero-order valence-corrected chi connectivity index (χ0v) is 20.7. The molecule has 176 valence electrons. The summed E-state index contributed by atoms with van der Waals surface area (Å²) in [5.74, 6) is 1.17. The number of furan rings is 1. The summed E-state index contributed by atoms with van der Waals surface area (Å²) in [5, 5.41) is 4.37. The molecule has 1 amide bonds. The van der Waals surface area contributed by atoms with E-state index in [1.807, 2.05) is 68.4 Å². The number of aromatic nitrogens is 1. The van der Waals surface area contributed by atoms with Gasteiger partial charge in [0.1, 0.15) is 17.1 Å². The van der Waals surface area contributed by atoms with Crippen LogP contribution in [-0.2, 0) is 4.79 Å². The number of amides is 1. The number of carbonyl (C=O) groups excluding carboxylic acids is 1. The summed E-state index contributed by atoms with van der Waals surface area (Å²) in [4.78, 5) is 17.3. The molecule has 5 rings (SSSR count). The van der Waals surface area contributed by atoms with Crippen molar-refractivity contribution in [3.8, 4) is 22.6 Å². The Hall–Kier alpha value is -4.10. The number of para-hydroxylation sites is 2. The average molecular weight is 485 g/mol. The molecule has 0 spiro atoms. The first-order chi connectivity index (χ1) is 17.0. The lowest BCUT2D eigenvalue weighted by molar-refractivity contribution is -0.111. The Kier molecular flexibility index (Phi) is 6.01. The number of rotatable bonds is 6. The molecule has 3 aromatic carbocycles. The van der Waals surface area contributed by atoms with Gasteiger partial charge in [0.2, 0.25) is 5.91 Å². The van der Waals surface area contributed by atoms with Gasteiger partial charge in [-0.1, -0.05) is 41.7 Å². The number of ether oxygens (including phenoxy) is 2. The number of hydrogen-bond donors (Lipinski definition) is 1. The number of thiazole rings is 1. The highest BCUT2D eigenvalue weighted by molar-refractivity contribution is 7.22. The minimum Gasteiger partial charge on any atom is -0.496 e. The van der Waals surface area contributed by atoms with E-state index in [9.17, 15) is 4.79 Å². The van der Waals surface area contributed by atoms with Gasteiger partial charge < -0.3 is 13.9 Å². The molecule has 0 aliphatic rings. The normalized spacial score (nSPS) is 11.7. The standard InChI is InChI=1S/C28H24N2O4S/c1-16(13-25(31)30-28-29-22-10-6-8-12-24(22)35-28)19-14-20-21(18-9-5-7-11-23(18)32-3)15-34-27(20)17(2)26(19)33-4/h5-15H,1-4H3,(H,29,30,31)/b16-13+. The van der Waals surface area contributed by atoms with Gasteiger partial charge in [-0.15, -0.1) is 0 Å². The Morgan fingerprint density at radius 2 is 1.83 bits per heavy atom. The van der Waals surface area contributed by atoms with Gasteiger partial charge in [0, 0.05) is 33.7 Å². The van der Waals surface area contributed by atoms with E-state index < -0.39 is 0 Å². The lowest BCUT2D eigenvalue weighted by atomic mass is 9.96. The number of aryl methyl sites for hydroxylation is 1. The highest BCUT2D eigenvalue weighted by atomic mass is 32.1. The van der Waals surface area contributed by atoms with Crippen LogP contribution in [0.15, 0.2) is 71.4 Å². The number of hydrogen-bond acceptors (Lipinski definition) is 6. The van der Waals surface area contributed by atoms with Gasteiger partial charge in [-0.25, -0.2) is 4.98 Å². The molecule has 6 nitrogen and oxygen atoms in total. The number of anilines is 1. The molecule has 5 aromatic rings. The fourth-order valence-electron chi connectivity index (χ4n) is 4.29. The van der Waals surface area contributed by atoms with Crippen LogP contribution < -0.4 is 14.8 Å². The predicted molar refractivity (Wildman–Crippen MR) is 141 cm³/mol. The van der Waals surface area contributed by atoms with Gasteiger partial charge in [0.25, 0.3) is 0 Å². The molecular formula is C28H24N2O4S. The minimum absolute atomic E-state index is 0.251. The number of fused-ring (bicyclic) bond motifs is 2. The van der Waals surface area contributed by atoms with Crippen molar-refractivity contribution in [2.45, 2.75) is 13.8 Å². The summed E-state index contributed by atoms with van der Waals surface area (Å²) in [7, 11) is 3.27. The highest BCUT2D eigenvalue weighted by Crippen LogP contribution is 2.42. The minimum atomic E-state index is -0.251. The second-order valence-corrected chi connectivity index (χ2v) is 9.14. The van der Waals surface area contributed by atoms with E-state index in [1.165, 1.54) is 11.3 Å². The third-order valence-corrected chi connectivity index (χ3v) is 6.89. The van der Waals surface area contributed by atoms with Crippen LogP contribution in [0, 0.1) is 6.92 Å². The number of allylic oxidation sites excluding steroid dienone is 1. The van der Waals surface area contributed by atoms with Gasteiger partial charge in [0.15, 0.2) is 5.13 Å². The zero-order chi connectivity index (χ0) is 24.5. The number of nitrogens with zero attached hydrogens (tertiary/aromatic N) is 1. The largest absolute Gasteiger partial charge is 0.496 e. The zero-order valence-electron chi connectivity index (χ0n) is 19.8. The summed E-state index contributed by atoms with van der Waals surface area (Å²) in [6.07, 6.45) is 3.30. The molecule has 2 aromatic heterocycles. The number of benzene rings is 3. The Labute approximate surface area is 206 Å². The molecule has 0 saturated heterocycles. The first kappa shape index (κ1) is 22.7. The number of carbonyl (C=O) groups is 1. The van der Waals surface area contributed by atoms with Crippen molar-refractivity contribution >= 4 is 49.1 Å². The second kappa shape index (κ2) is 9.27. The van der Waals surface area contributed by atoms with Crippen LogP contribution in [-0.4, -0.2) is 25.1 Å². The molecule has 35 heavy (non-hydrogen) atoms. The predicted octanol–water partition coefficient (Wildman–Crippen LogP) is 7.08. The van der Waals surface area contributed by atoms with Crippen molar-refractivity contribution in [1.82, 2.24) is 4.98 Å². The van der Waals surface area contributed by atoms with Crippen molar-refractivity contribution in [3.63, 3.8) is 0 Å². The van der Waals surface area contributed by atoms with E-state index in [0.717, 1.165) is 54.8 Å². The Bertz CT molecular complexity index is 1560. The van der Waals surface area contributed by atoms with Crippen LogP contribution in [0.5, 0.6) is 11.5 Å². The van der Waals surface area contributed by atoms with Crippen molar-refractivity contribution in [1.29, 1.82) is 0 Å². The molecule has 0 radical (unpaired) electrons. The second-order valence-electron chi connectivity index (χ2n) is 8.11.